The van der Waals surface area contributed by atoms with E-state index in [1.54, 1.807) is 24.3 Å². The van der Waals surface area contributed by atoms with Gasteiger partial charge in [-0.2, -0.15) is 0 Å². The SMILES string of the molecule is Cc1ccc(C)c(NC(=O)C[C@H](Cc2ccc(Cl)cc2)C(=O)[O-])c1. The Hall–Kier alpha value is -2.33. The zero-order chi connectivity index (χ0) is 17.7. The summed E-state index contributed by atoms with van der Waals surface area (Å²) < 4.78 is 0. The maximum absolute atomic E-state index is 12.2. The summed E-state index contributed by atoms with van der Waals surface area (Å²) in [6, 6.07) is 12.6. The van der Waals surface area contributed by atoms with E-state index in [4.69, 9.17) is 11.6 Å². The number of rotatable bonds is 6. The summed E-state index contributed by atoms with van der Waals surface area (Å²) in [5, 5.41) is 14.7. The molecule has 0 bridgehead atoms. The van der Waals surface area contributed by atoms with Crippen molar-refractivity contribution in [2.75, 3.05) is 5.32 Å². The molecule has 0 aromatic heterocycles. The number of halogens is 1. The van der Waals surface area contributed by atoms with Gasteiger partial charge in [-0.15, -0.1) is 0 Å². The molecule has 2 aromatic rings. The van der Waals surface area contributed by atoms with Crippen molar-refractivity contribution in [2.45, 2.75) is 26.7 Å². The van der Waals surface area contributed by atoms with E-state index in [0.29, 0.717) is 10.7 Å². The van der Waals surface area contributed by atoms with Gasteiger partial charge in [0.15, 0.2) is 0 Å². The minimum atomic E-state index is -1.24. The molecule has 24 heavy (non-hydrogen) atoms. The average molecular weight is 345 g/mol. The number of amides is 1. The van der Waals surface area contributed by atoms with E-state index in [1.165, 1.54) is 0 Å². The Labute approximate surface area is 146 Å². The van der Waals surface area contributed by atoms with Crippen molar-refractivity contribution in [3.8, 4) is 0 Å². The Morgan fingerprint density at radius 3 is 2.42 bits per heavy atom. The minimum absolute atomic E-state index is 0.141. The van der Waals surface area contributed by atoms with Gasteiger partial charge in [0.2, 0.25) is 5.91 Å². The summed E-state index contributed by atoms with van der Waals surface area (Å²) in [5.74, 6) is -2.47. The molecule has 0 unspecified atom stereocenters. The Morgan fingerprint density at radius 1 is 1.12 bits per heavy atom. The van der Waals surface area contributed by atoms with Crippen LogP contribution in [0.3, 0.4) is 0 Å². The van der Waals surface area contributed by atoms with Gasteiger partial charge in [-0.3, -0.25) is 4.79 Å². The number of carboxylic acid groups (broad SMARTS) is 1. The van der Waals surface area contributed by atoms with Crippen LogP contribution >= 0.6 is 11.6 Å². The van der Waals surface area contributed by atoms with Crippen LogP contribution in [0.2, 0.25) is 5.02 Å². The van der Waals surface area contributed by atoms with Crippen LogP contribution in [0.5, 0.6) is 0 Å². The first-order chi connectivity index (χ1) is 11.3. The first-order valence-corrected chi connectivity index (χ1v) is 8.05. The lowest BCUT2D eigenvalue weighted by Gasteiger charge is -2.18. The molecule has 4 nitrogen and oxygen atoms in total. The number of hydrogen-bond donors (Lipinski definition) is 1. The number of anilines is 1. The summed E-state index contributed by atoms with van der Waals surface area (Å²) in [6.45, 7) is 3.82. The third kappa shape index (κ3) is 5.10. The molecule has 0 spiro atoms. The molecule has 0 radical (unpaired) electrons. The van der Waals surface area contributed by atoms with Crippen LogP contribution in [-0.4, -0.2) is 11.9 Å². The van der Waals surface area contributed by atoms with Gasteiger partial charge in [-0.25, -0.2) is 0 Å². The Kier molecular flexibility index (Phi) is 5.99. The second-order valence-electron chi connectivity index (χ2n) is 5.92. The summed E-state index contributed by atoms with van der Waals surface area (Å²) in [7, 11) is 0. The van der Waals surface area contributed by atoms with Crippen molar-refractivity contribution < 1.29 is 14.7 Å². The van der Waals surface area contributed by atoms with Crippen LogP contribution in [0.25, 0.3) is 0 Å². The van der Waals surface area contributed by atoms with Gasteiger partial charge in [0, 0.05) is 29.0 Å². The monoisotopic (exact) mass is 344 g/mol. The molecule has 1 N–H and O–H groups in total. The van der Waals surface area contributed by atoms with E-state index in [1.807, 2.05) is 32.0 Å². The number of hydrogen-bond acceptors (Lipinski definition) is 3. The van der Waals surface area contributed by atoms with Crippen molar-refractivity contribution in [1.29, 1.82) is 0 Å². The lowest BCUT2D eigenvalue weighted by molar-refractivity contribution is -0.311. The molecule has 1 amide bonds. The molecular weight excluding hydrogens is 326 g/mol. The fourth-order valence-corrected chi connectivity index (χ4v) is 2.57. The third-order valence-corrected chi connectivity index (χ3v) is 4.08. The minimum Gasteiger partial charge on any atom is -0.550 e. The lowest BCUT2D eigenvalue weighted by Crippen LogP contribution is -2.35. The van der Waals surface area contributed by atoms with E-state index >= 15 is 0 Å². The normalized spacial score (nSPS) is 11.8. The smallest absolute Gasteiger partial charge is 0.225 e. The molecule has 0 aliphatic carbocycles. The van der Waals surface area contributed by atoms with Crippen LogP contribution in [0, 0.1) is 19.8 Å². The maximum Gasteiger partial charge on any atom is 0.225 e. The molecule has 2 rings (SSSR count). The molecule has 0 saturated heterocycles. The van der Waals surface area contributed by atoms with Gasteiger partial charge in [0.25, 0.3) is 0 Å². The quantitative estimate of drug-likeness (QED) is 0.876. The number of carbonyl (C=O) groups excluding carboxylic acids is 2. The molecule has 1 atom stereocenters. The predicted octanol–water partition coefficient (Wildman–Crippen LogP) is 2.89. The van der Waals surface area contributed by atoms with Gasteiger partial charge >= 0.3 is 0 Å². The topological polar surface area (TPSA) is 69.2 Å². The van der Waals surface area contributed by atoms with Gasteiger partial charge in [-0.05, 0) is 55.2 Å². The second-order valence-corrected chi connectivity index (χ2v) is 6.35. The third-order valence-electron chi connectivity index (χ3n) is 3.83. The fraction of sp³-hybridized carbons (Fsp3) is 0.263. The zero-order valence-electron chi connectivity index (χ0n) is 13.6. The first-order valence-electron chi connectivity index (χ1n) is 7.67. The molecule has 0 heterocycles. The molecule has 5 heteroatoms. The van der Waals surface area contributed by atoms with Gasteiger partial charge < -0.3 is 15.2 Å². The van der Waals surface area contributed by atoms with E-state index in [0.717, 1.165) is 16.7 Å². The molecule has 0 fully saturated rings. The van der Waals surface area contributed by atoms with Crippen LogP contribution in [0.1, 0.15) is 23.1 Å². The van der Waals surface area contributed by atoms with Gasteiger partial charge in [0.05, 0.1) is 0 Å². The van der Waals surface area contributed by atoms with E-state index in [9.17, 15) is 14.7 Å². The standard InChI is InChI=1S/C19H20ClNO3/c1-12-3-4-13(2)17(9-12)21-18(22)11-15(19(23)24)10-14-5-7-16(20)8-6-14/h3-9,15H,10-11H2,1-2H3,(H,21,22)(H,23,24)/p-1/t15-/m0/s1. The summed E-state index contributed by atoms with van der Waals surface area (Å²) in [6.07, 6.45) is 0.0814. The van der Waals surface area contributed by atoms with Gasteiger partial charge in [-0.1, -0.05) is 35.9 Å². The molecule has 2 aromatic carbocycles. The molecule has 0 saturated carbocycles. The van der Waals surface area contributed by atoms with Crippen LogP contribution in [-0.2, 0) is 16.0 Å². The van der Waals surface area contributed by atoms with Gasteiger partial charge in [0.1, 0.15) is 0 Å². The molecule has 0 aliphatic rings. The number of nitrogens with one attached hydrogen (secondary N) is 1. The predicted molar refractivity (Wildman–Crippen MR) is 92.8 cm³/mol. The summed E-state index contributed by atoms with van der Waals surface area (Å²) in [5.41, 5.74) is 3.45. The average Bonchev–Trinajstić information content (AvgIpc) is 2.52. The highest BCUT2D eigenvalue weighted by Crippen LogP contribution is 2.19. The van der Waals surface area contributed by atoms with E-state index in [-0.39, 0.29) is 18.7 Å². The lowest BCUT2D eigenvalue weighted by atomic mass is 9.96. The second kappa shape index (κ2) is 7.97. The first kappa shape index (κ1) is 18.0. The number of aliphatic carboxylic acids is 1. The summed E-state index contributed by atoms with van der Waals surface area (Å²) >= 11 is 5.82. The fourth-order valence-electron chi connectivity index (χ4n) is 2.44. The van der Waals surface area contributed by atoms with Crippen LogP contribution in [0.15, 0.2) is 42.5 Å². The van der Waals surface area contributed by atoms with Crippen molar-refractivity contribution in [1.82, 2.24) is 0 Å². The molecule has 126 valence electrons. The molecule has 0 aliphatic heterocycles. The van der Waals surface area contributed by atoms with Crippen molar-refractivity contribution in [2.24, 2.45) is 5.92 Å². The van der Waals surface area contributed by atoms with Crippen molar-refractivity contribution in [3.63, 3.8) is 0 Å². The Morgan fingerprint density at radius 2 is 1.79 bits per heavy atom. The van der Waals surface area contributed by atoms with Crippen LogP contribution in [0.4, 0.5) is 5.69 Å². The molecular formula is C19H19ClNO3-. The Balaban J connectivity index is 2.04. The number of aryl methyl sites for hydroxylation is 2. The maximum atomic E-state index is 12.2. The number of carboxylic acids is 1. The van der Waals surface area contributed by atoms with Crippen LogP contribution < -0.4 is 10.4 Å². The highest BCUT2D eigenvalue weighted by atomic mass is 35.5. The zero-order valence-corrected chi connectivity index (χ0v) is 14.4. The highest BCUT2D eigenvalue weighted by Gasteiger charge is 2.16. The summed E-state index contributed by atoms with van der Waals surface area (Å²) in [4.78, 5) is 23.6. The van der Waals surface area contributed by atoms with Crippen molar-refractivity contribution >= 4 is 29.2 Å². The highest BCUT2D eigenvalue weighted by molar-refractivity contribution is 6.30. The number of carbonyl (C=O) groups is 2. The van der Waals surface area contributed by atoms with E-state index < -0.39 is 11.9 Å². The largest absolute Gasteiger partial charge is 0.550 e. The van der Waals surface area contributed by atoms with Crippen molar-refractivity contribution in [3.05, 3.63) is 64.2 Å². The Bertz CT molecular complexity index is 741. The van der Waals surface area contributed by atoms with E-state index in [2.05, 4.69) is 5.32 Å². The number of benzene rings is 2.